The summed E-state index contributed by atoms with van der Waals surface area (Å²) in [4.78, 5) is 13.9. The summed E-state index contributed by atoms with van der Waals surface area (Å²) in [7, 11) is 0. The van der Waals surface area contributed by atoms with Crippen molar-refractivity contribution in [2.75, 3.05) is 36.9 Å². The van der Waals surface area contributed by atoms with Crippen LogP contribution in [0.2, 0.25) is 0 Å². The number of fused-ring (bicyclic) bond motifs is 7. The van der Waals surface area contributed by atoms with Crippen molar-refractivity contribution in [2.24, 2.45) is 0 Å². The van der Waals surface area contributed by atoms with Crippen LogP contribution in [0.4, 0.5) is 24.0 Å². The molecular formula is C35H31F3N8OS. The number of hydrogen-bond donors (Lipinski definition) is 2. The Morgan fingerprint density at radius 2 is 1.96 bits per heavy atom. The molecule has 3 N–H and O–H groups in total. The number of benzene rings is 2. The number of halogens is 3. The lowest BCUT2D eigenvalue weighted by atomic mass is 9.86. The zero-order valence-electron chi connectivity index (χ0n) is 26.0. The minimum atomic E-state index is -0.942. The first-order valence-electron chi connectivity index (χ1n) is 16.3. The zero-order chi connectivity index (χ0) is 33.1. The van der Waals surface area contributed by atoms with E-state index in [0.717, 1.165) is 43.6 Å². The predicted octanol–water partition coefficient (Wildman–Crippen LogP) is 5.80. The van der Waals surface area contributed by atoms with Crippen LogP contribution in [0.25, 0.3) is 37.7 Å². The molecule has 244 valence electrons. The third kappa shape index (κ3) is 4.08. The van der Waals surface area contributed by atoms with Gasteiger partial charge in [-0.25, -0.2) is 13.2 Å². The monoisotopic (exact) mass is 668 g/mol. The fourth-order valence-electron chi connectivity index (χ4n) is 9.18. The number of alkyl halides is 1. The van der Waals surface area contributed by atoms with E-state index >= 15 is 8.78 Å². The van der Waals surface area contributed by atoms with Gasteiger partial charge in [-0.05, 0) is 55.9 Å². The van der Waals surface area contributed by atoms with E-state index in [1.165, 1.54) is 12.1 Å². The number of hydrogen-bond acceptors (Lipinski definition) is 10. The smallest absolute Gasteiger partial charge is 0.319 e. The highest BCUT2D eigenvalue weighted by Gasteiger charge is 2.50. The lowest BCUT2D eigenvalue weighted by Crippen LogP contribution is -2.58. The maximum absolute atomic E-state index is 17.4. The van der Waals surface area contributed by atoms with Crippen LogP contribution in [0, 0.1) is 34.3 Å². The second kappa shape index (κ2) is 10.5. The van der Waals surface area contributed by atoms with Crippen LogP contribution in [-0.4, -0.2) is 70.9 Å². The Labute approximate surface area is 278 Å². The van der Waals surface area contributed by atoms with Crippen LogP contribution in [0.3, 0.4) is 0 Å². The summed E-state index contributed by atoms with van der Waals surface area (Å²) in [6.07, 6.45) is 3.60. The molecule has 9 rings (SSSR count). The van der Waals surface area contributed by atoms with Crippen molar-refractivity contribution in [3.05, 3.63) is 47.0 Å². The van der Waals surface area contributed by atoms with Gasteiger partial charge in [0.15, 0.2) is 5.82 Å². The quantitative estimate of drug-likeness (QED) is 0.278. The SMILES string of the molecule is C=C1C[C@H]2[C@@H]3CC[C@H](CN2c2nc(OC[C@@]45CCCN4C[C@H](F)C5)nc4c(F)c(-c5ccc(F)c6sc(N)c(C#N)c56)c(C#N)c1c24)N3. The molecule has 5 aliphatic rings. The zero-order valence-corrected chi connectivity index (χ0v) is 26.8. The van der Waals surface area contributed by atoms with Crippen LogP contribution < -0.4 is 20.7 Å². The second-order valence-electron chi connectivity index (χ2n) is 13.8. The van der Waals surface area contributed by atoms with Crippen molar-refractivity contribution in [3.63, 3.8) is 0 Å². The molecule has 4 fully saturated rings. The Bertz CT molecular complexity index is 2170. The molecule has 0 unspecified atom stereocenters. The van der Waals surface area contributed by atoms with E-state index < -0.39 is 23.3 Å². The normalized spacial score (nSPS) is 27.6. The number of nitrogen functional groups attached to an aromatic ring is 1. The van der Waals surface area contributed by atoms with Crippen LogP contribution in [-0.2, 0) is 0 Å². The van der Waals surface area contributed by atoms with Crippen molar-refractivity contribution in [1.29, 1.82) is 10.5 Å². The van der Waals surface area contributed by atoms with E-state index in [-0.39, 0.29) is 73.6 Å². The minimum Gasteiger partial charge on any atom is -0.461 e. The Morgan fingerprint density at radius 1 is 1.12 bits per heavy atom. The van der Waals surface area contributed by atoms with Gasteiger partial charge in [0.25, 0.3) is 0 Å². The van der Waals surface area contributed by atoms with Gasteiger partial charge in [0.2, 0.25) is 0 Å². The standard InChI is InChI=1S/C35H31F3N8OS/c1-16-9-24-23-6-3-18(42-23)14-46(24)33-28-25(16)20(11-39)26(19-4-5-22(37)31-27(19)21(12-40)32(41)48-31)29(38)30(28)43-34(44-33)47-15-35-7-2-8-45(35)13-17(36)10-35/h4-5,17-18,23-24,42H,1-3,6-10,13-15,41H2/t17-,18-,23+,24+,35+/m1/s1. The molecule has 2 bridgehead atoms. The molecule has 0 spiro atoms. The van der Waals surface area contributed by atoms with E-state index in [4.69, 9.17) is 15.5 Å². The highest BCUT2D eigenvalue weighted by atomic mass is 32.1. The van der Waals surface area contributed by atoms with Crippen molar-refractivity contribution in [2.45, 2.75) is 68.4 Å². The van der Waals surface area contributed by atoms with E-state index in [2.05, 4.69) is 32.7 Å². The number of aromatic nitrogens is 2. The largest absolute Gasteiger partial charge is 0.461 e. The first-order valence-corrected chi connectivity index (χ1v) is 17.1. The molecule has 4 aromatic rings. The summed E-state index contributed by atoms with van der Waals surface area (Å²) in [6.45, 7) is 6.38. The van der Waals surface area contributed by atoms with E-state index in [1.807, 2.05) is 6.07 Å². The Balaban J connectivity index is 1.31. The molecule has 0 radical (unpaired) electrons. The third-order valence-electron chi connectivity index (χ3n) is 11.2. The number of rotatable bonds is 4. The summed E-state index contributed by atoms with van der Waals surface area (Å²) in [6, 6.07) is 7.15. The number of piperazine rings is 1. The molecule has 0 aliphatic carbocycles. The number of ether oxygens (including phenoxy) is 1. The Hall–Kier alpha value is -4.43. The van der Waals surface area contributed by atoms with E-state index in [1.54, 1.807) is 0 Å². The molecule has 2 aromatic carbocycles. The van der Waals surface area contributed by atoms with Gasteiger partial charge in [-0.15, -0.1) is 11.3 Å². The second-order valence-corrected chi connectivity index (χ2v) is 14.8. The number of nitriles is 2. The first kappa shape index (κ1) is 29.7. The lowest BCUT2D eigenvalue weighted by Gasteiger charge is -2.41. The van der Waals surface area contributed by atoms with Gasteiger partial charge in [0, 0.05) is 54.1 Å². The summed E-state index contributed by atoms with van der Waals surface area (Å²) < 4.78 is 53.5. The van der Waals surface area contributed by atoms with Crippen molar-refractivity contribution >= 4 is 48.7 Å². The average molecular weight is 669 g/mol. The summed E-state index contributed by atoms with van der Waals surface area (Å²) in [5, 5.41) is 25.1. The topological polar surface area (TPSA) is 127 Å². The molecule has 9 nitrogen and oxygen atoms in total. The minimum absolute atomic E-state index is 0.0171. The number of nitrogens with zero attached hydrogens (tertiary/aromatic N) is 6. The molecule has 48 heavy (non-hydrogen) atoms. The van der Waals surface area contributed by atoms with Crippen LogP contribution in [0.1, 0.15) is 55.2 Å². The van der Waals surface area contributed by atoms with Crippen LogP contribution in [0.5, 0.6) is 6.01 Å². The summed E-state index contributed by atoms with van der Waals surface area (Å²) in [5.41, 5.74) is 6.79. The molecule has 5 aliphatic heterocycles. The Kier molecular flexibility index (Phi) is 6.52. The molecular weight excluding hydrogens is 638 g/mol. The van der Waals surface area contributed by atoms with Crippen LogP contribution >= 0.6 is 11.3 Å². The lowest BCUT2D eigenvalue weighted by molar-refractivity contribution is 0.107. The molecule has 0 amide bonds. The molecule has 13 heteroatoms. The predicted molar refractivity (Wildman–Crippen MR) is 177 cm³/mol. The Morgan fingerprint density at radius 3 is 2.77 bits per heavy atom. The third-order valence-corrected chi connectivity index (χ3v) is 12.3. The number of thiophene rings is 1. The van der Waals surface area contributed by atoms with Crippen molar-refractivity contribution in [3.8, 4) is 29.3 Å². The summed E-state index contributed by atoms with van der Waals surface area (Å²) in [5.74, 6) is -0.932. The highest BCUT2D eigenvalue weighted by Crippen LogP contribution is 2.50. The van der Waals surface area contributed by atoms with Gasteiger partial charge in [0.1, 0.15) is 47.1 Å². The maximum Gasteiger partial charge on any atom is 0.319 e. The maximum atomic E-state index is 17.4. The number of nitrogens with one attached hydrogen (secondary N) is 1. The molecule has 0 saturated carbocycles. The number of anilines is 2. The van der Waals surface area contributed by atoms with Gasteiger partial charge in [0.05, 0.1) is 26.8 Å². The molecule has 4 saturated heterocycles. The van der Waals surface area contributed by atoms with Gasteiger partial charge in [-0.3, -0.25) is 4.90 Å². The average Bonchev–Trinajstić information content (AvgIpc) is 3.80. The molecule has 7 heterocycles. The molecule has 5 atom stereocenters. The highest BCUT2D eigenvalue weighted by molar-refractivity contribution is 7.23. The van der Waals surface area contributed by atoms with Crippen molar-refractivity contribution in [1.82, 2.24) is 20.2 Å². The molecule has 2 aromatic heterocycles. The fourth-order valence-corrected chi connectivity index (χ4v) is 10.1. The van der Waals surface area contributed by atoms with Crippen molar-refractivity contribution < 1.29 is 17.9 Å². The fraction of sp³-hybridized carbons (Fsp3) is 0.429. The van der Waals surface area contributed by atoms with Gasteiger partial charge in [-0.1, -0.05) is 12.6 Å². The summed E-state index contributed by atoms with van der Waals surface area (Å²) >= 11 is 0.905. The first-order chi connectivity index (χ1) is 23.2. The van der Waals surface area contributed by atoms with E-state index in [0.29, 0.717) is 48.3 Å². The van der Waals surface area contributed by atoms with Gasteiger partial charge in [-0.2, -0.15) is 20.5 Å². The number of nitrogens with two attached hydrogens (primary N) is 1. The van der Waals surface area contributed by atoms with Crippen LogP contribution in [0.15, 0.2) is 18.7 Å². The van der Waals surface area contributed by atoms with Gasteiger partial charge >= 0.3 is 6.01 Å². The van der Waals surface area contributed by atoms with E-state index in [9.17, 15) is 14.9 Å². The van der Waals surface area contributed by atoms with Gasteiger partial charge < -0.3 is 20.7 Å².